The minimum atomic E-state index is -0.206. The summed E-state index contributed by atoms with van der Waals surface area (Å²) in [6, 6.07) is 0. The normalized spacial score (nSPS) is 17.2. The maximum Gasteiger partial charge on any atom is 0.225 e. The highest BCUT2D eigenvalue weighted by Crippen LogP contribution is 2.09. The molecule has 1 unspecified atom stereocenters. The molecule has 1 saturated heterocycles. The summed E-state index contributed by atoms with van der Waals surface area (Å²) >= 11 is 0. The predicted molar refractivity (Wildman–Crippen MR) is 77.7 cm³/mol. The summed E-state index contributed by atoms with van der Waals surface area (Å²) < 4.78 is 5.31. The van der Waals surface area contributed by atoms with Crippen LogP contribution in [0.4, 0.5) is 5.95 Å². The molecule has 112 valence electrons. The highest BCUT2D eigenvalue weighted by atomic mass is 16.5. The highest BCUT2D eigenvalue weighted by molar-refractivity contribution is 5.30. The SMILES string of the molecule is CCC(O)CCNCc1cnc(N2CCOCC2)nc1. The van der Waals surface area contributed by atoms with E-state index in [2.05, 4.69) is 20.2 Å². The monoisotopic (exact) mass is 280 g/mol. The summed E-state index contributed by atoms with van der Waals surface area (Å²) in [7, 11) is 0. The van der Waals surface area contributed by atoms with Crippen molar-refractivity contribution in [2.24, 2.45) is 0 Å². The molecule has 0 saturated carbocycles. The molecule has 6 nitrogen and oxygen atoms in total. The van der Waals surface area contributed by atoms with Gasteiger partial charge in [0.25, 0.3) is 0 Å². The first-order chi connectivity index (χ1) is 9.79. The Morgan fingerprint density at radius 1 is 1.35 bits per heavy atom. The first kappa shape index (κ1) is 15.2. The molecule has 0 aliphatic carbocycles. The Balaban J connectivity index is 1.73. The molecule has 1 aliphatic rings. The van der Waals surface area contributed by atoms with E-state index in [1.807, 2.05) is 19.3 Å². The first-order valence-corrected chi connectivity index (χ1v) is 7.32. The Kier molecular flexibility index (Phi) is 6.17. The van der Waals surface area contributed by atoms with Crippen LogP contribution < -0.4 is 10.2 Å². The number of nitrogens with one attached hydrogen (secondary N) is 1. The van der Waals surface area contributed by atoms with Crippen LogP contribution in [0.1, 0.15) is 25.3 Å². The Labute approximate surface area is 120 Å². The van der Waals surface area contributed by atoms with Gasteiger partial charge >= 0.3 is 0 Å². The van der Waals surface area contributed by atoms with Crippen LogP contribution in [0.3, 0.4) is 0 Å². The van der Waals surface area contributed by atoms with Crippen LogP contribution >= 0.6 is 0 Å². The third kappa shape index (κ3) is 4.70. The van der Waals surface area contributed by atoms with Gasteiger partial charge in [-0.15, -0.1) is 0 Å². The molecule has 1 aromatic rings. The molecule has 1 atom stereocenters. The van der Waals surface area contributed by atoms with Crippen molar-refractivity contribution in [2.75, 3.05) is 37.7 Å². The van der Waals surface area contributed by atoms with E-state index < -0.39 is 0 Å². The fourth-order valence-electron chi connectivity index (χ4n) is 2.07. The van der Waals surface area contributed by atoms with E-state index in [9.17, 15) is 5.11 Å². The number of aliphatic hydroxyl groups excluding tert-OH is 1. The van der Waals surface area contributed by atoms with Crippen molar-refractivity contribution < 1.29 is 9.84 Å². The lowest BCUT2D eigenvalue weighted by Gasteiger charge is -2.26. The van der Waals surface area contributed by atoms with Gasteiger partial charge in [-0.3, -0.25) is 0 Å². The summed E-state index contributed by atoms with van der Waals surface area (Å²) in [5.74, 6) is 0.776. The standard InChI is InChI=1S/C14H24N4O2/c1-2-13(19)3-4-15-9-12-10-16-14(17-11-12)18-5-7-20-8-6-18/h10-11,13,15,19H,2-9H2,1H3. The van der Waals surface area contributed by atoms with Crippen molar-refractivity contribution >= 4 is 5.95 Å². The fourth-order valence-corrected chi connectivity index (χ4v) is 2.07. The molecule has 1 fully saturated rings. The lowest BCUT2D eigenvalue weighted by atomic mass is 10.2. The van der Waals surface area contributed by atoms with Crippen molar-refractivity contribution in [1.29, 1.82) is 0 Å². The molecule has 2 heterocycles. The molecule has 0 bridgehead atoms. The van der Waals surface area contributed by atoms with Gasteiger partial charge in [-0.2, -0.15) is 0 Å². The number of nitrogens with zero attached hydrogens (tertiary/aromatic N) is 3. The highest BCUT2D eigenvalue weighted by Gasteiger charge is 2.13. The Hall–Kier alpha value is -1.24. The van der Waals surface area contributed by atoms with E-state index in [1.165, 1.54) is 0 Å². The van der Waals surface area contributed by atoms with Gasteiger partial charge in [0.2, 0.25) is 5.95 Å². The molecule has 0 aromatic carbocycles. The maximum atomic E-state index is 9.46. The number of ether oxygens (including phenoxy) is 1. The van der Waals surface area contributed by atoms with Gasteiger partial charge in [-0.1, -0.05) is 6.92 Å². The number of hydrogen-bond acceptors (Lipinski definition) is 6. The van der Waals surface area contributed by atoms with Crippen LogP contribution in [0.25, 0.3) is 0 Å². The summed E-state index contributed by atoms with van der Waals surface area (Å²) in [5.41, 5.74) is 1.06. The van der Waals surface area contributed by atoms with E-state index >= 15 is 0 Å². The van der Waals surface area contributed by atoms with Gasteiger partial charge < -0.3 is 20.1 Å². The van der Waals surface area contributed by atoms with Crippen LogP contribution in [0.15, 0.2) is 12.4 Å². The maximum absolute atomic E-state index is 9.46. The smallest absolute Gasteiger partial charge is 0.225 e. The zero-order valence-corrected chi connectivity index (χ0v) is 12.1. The minimum Gasteiger partial charge on any atom is -0.393 e. The van der Waals surface area contributed by atoms with Crippen molar-refractivity contribution in [1.82, 2.24) is 15.3 Å². The number of anilines is 1. The summed E-state index contributed by atoms with van der Waals surface area (Å²) in [4.78, 5) is 10.9. The van der Waals surface area contributed by atoms with E-state index in [1.54, 1.807) is 0 Å². The lowest BCUT2D eigenvalue weighted by Crippen LogP contribution is -2.37. The third-order valence-electron chi connectivity index (χ3n) is 3.44. The number of aromatic nitrogens is 2. The molecule has 0 spiro atoms. The van der Waals surface area contributed by atoms with Gasteiger partial charge in [0, 0.05) is 37.6 Å². The average molecular weight is 280 g/mol. The molecular weight excluding hydrogens is 256 g/mol. The second kappa shape index (κ2) is 8.14. The fraction of sp³-hybridized carbons (Fsp3) is 0.714. The molecule has 0 amide bonds. The second-order valence-electron chi connectivity index (χ2n) is 5.02. The van der Waals surface area contributed by atoms with Crippen molar-refractivity contribution in [3.8, 4) is 0 Å². The van der Waals surface area contributed by atoms with Crippen molar-refractivity contribution in [3.63, 3.8) is 0 Å². The second-order valence-corrected chi connectivity index (χ2v) is 5.02. The lowest BCUT2D eigenvalue weighted by molar-refractivity contribution is 0.122. The van der Waals surface area contributed by atoms with E-state index in [-0.39, 0.29) is 6.10 Å². The summed E-state index contributed by atoms with van der Waals surface area (Å²) in [6.45, 7) is 6.72. The molecule has 6 heteroatoms. The summed E-state index contributed by atoms with van der Waals surface area (Å²) in [5, 5.41) is 12.7. The zero-order chi connectivity index (χ0) is 14.2. The number of hydrogen-bond donors (Lipinski definition) is 2. The molecule has 1 aliphatic heterocycles. The Morgan fingerprint density at radius 2 is 2.05 bits per heavy atom. The van der Waals surface area contributed by atoms with Crippen LogP contribution in [-0.2, 0) is 11.3 Å². The molecule has 2 rings (SSSR count). The van der Waals surface area contributed by atoms with Gasteiger partial charge in [0.1, 0.15) is 0 Å². The van der Waals surface area contributed by atoms with E-state index in [4.69, 9.17) is 4.74 Å². The van der Waals surface area contributed by atoms with Crippen molar-refractivity contribution in [2.45, 2.75) is 32.4 Å². The van der Waals surface area contributed by atoms with Gasteiger partial charge in [0.15, 0.2) is 0 Å². The van der Waals surface area contributed by atoms with Crippen LogP contribution in [0.5, 0.6) is 0 Å². The molecule has 2 N–H and O–H groups in total. The number of morpholine rings is 1. The van der Waals surface area contributed by atoms with Gasteiger partial charge in [0.05, 0.1) is 19.3 Å². The van der Waals surface area contributed by atoms with E-state index in [0.717, 1.165) is 63.7 Å². The van der Waals surface area contributed by atoms with Crippen LogP contribution in [0.2, 0.25) is 0 Å². The van der Waals surface area contributed by atoms with E-state index in [0.29, 0.717) is 0 Å². The van der Waals surface area contributed by atoms with Crippen LogP contribution in [0, 0.1) is 0 Å². The predicted octanol–water partition coefficient (Wildman–Crippen LogP) is 0.564. The largest absolute Gasteiger partial charge is 0.393 e. The average Bonchev–Trinajstić information content (AvgIpc) is 2.52. The number of aliphatic hydroxyl groups is 1. The van der Waals surface area contributed by atoms with Crippen molar-refractivity contribution in [3.05, 3.63) is 18.0 Å². The molecular formula is C14H24N4O2. The topological polar surface area (TPSA) is 70.5 Å². The molecule has 20 heavy (non-hydrogen) atoms. The zero-order valence-electron chi connectivity index (χ0n) is 12.1. The number of rotatable bonds is 7. The first-order valence-electron chi connectivity index (χ1n) is 7.32. The van der Waals surface area contributed by atoms with Crippen LogP contribution in [-0.4, -0.2) is 54.0 Å². The third-order valence-corrected chi connectivity index (χ3v) is 3.44. The minimum absolute atomic E-state index is 0.206. The molecule has 1 aromatic heterocycles. The van der Waals surface area contributed by atoms with Gasteiger partial charge in [-0.05, 0) is 19.4 Å². The Bertz CT molecular complexity index is 379. The quantitative estimate of drug-likeness (QED) is 0.711. The Morgan fingerprint density at radius 3 is 2.70 bits per heavy atom. The molecule has 0 radical (unpaired) electrons. The summed E-state index contributed by atoms with van der Waals surface area (Å²) in [6.07, 6.45) is 5.10. The van der Waals surface area contributed by atoms with Gasteiger partial charge in [-0.25, -0.2) is 9.97 Å².